The van der Waals surface area contributed by atoms with Crippen molar-refractivity contribution in [2.24, 2.45) is 5.73 Å². The van der Waals surface area contributed by atoms with Crippen molar-refractivity contribution in [2.75, 3.05) is 19.6 Å². The second kappa shape index (κ2) is 27.7. The first-order valence-corrected chi connectivity index (χ1v) is 17.3. The molecule has 0 aromatic rings. The molecular weight excluding hydrogens is 498 g/mol. The number of rotatable bonds is 28. The SMILES string of the molecule is CCCCCCCCCCCC(=O)N(C(=O)CCCCCCCCCCC)[C@@H](CCCCN)C(=O)N(CC)CC. The summed E-state index contributed by atoms with van der Waals surface area (Å²) in [7, 11) is 0. The third-order valence-corrected chi connectivity index (χ3v) is 8.13. The predicted molar refractivity (Wildman–Crippen MR) is 170 cm³/mol. The molecule has 0 aliphatic heterocycles. The van der Waals surface area contributed by atoms with Gasteiger partial charge in [-0.3, -0.25) is 19.3 Å². The number of hydrogen-bond donors (Lipinski definition) is 1. The maximum Gasteiger partial charge on any atom is 0.245 e. The van der Waals surface area contributed by atoms with Crippen LogP contribution in [0.4, 0.5) is 0 Å². The fourth-order valence-corrected chi connectivity index (χ4v) is 5.49. The summed E-state index contributed by atoms with van der Waals surface area (Å²) in [5.74, 6) is -0.424. The highest BCUT2D eigenvalue weighted by molar-refractivity contribution is 6.00. The number of nitrogens with two attached hydrogens (primary N) is 1. The Bertz CT molecular complexity index is 588. The Morgan fingerprint density at radius 2 is 0.900 bits per heavy atom. The first kappa shape index (κ1) is 38.6. The fourth-order valence-electron chi connectivity index (χ4n) is 5.49. The number of unbranched alkanes of at least 4 members (excludes halogenated alkanes) is 17. The molecule has 0 fully saturated rings. The van der Waals surface area contributed by atoms with Crippen LogP contribution in [0.2, 0.25) is 0 Å². The van der Waals surface area contributed by atoms with E-state index in [1.807, 2.05) is 13.8 Å². The van der Waals surface area contributed by atoms with Crippen molar-refractivity contribution >= 4 is 17.7 Å². The quantitative estimate of drug-likeness (QED) is 0.0963. The Balaban J connectivity index is 5.12. The van der Waals surface area contributed by atoms with Gasteiger partial charge in [0.25, 0.3) is 0 Å². The van der Waals surface area contributed by atoms with Gasteiger partial charge in [0, 0.05) is 25.9 Å². The normalized spacial score (nSPS) is 11.9. The average molecular weight is 566 g/mol. The van der Waals surface area contributed by atoms with E-state index in [2.05, 4.69) is 13.8 Å². The lowest BCUT2D eigenvalue weighted by molar-refractivity contribution is -0.155. The molecule has 0 aromatic heterocycles. The number of hydrogen-bond acceptors (Lipinski definition) is 4. The number of nitrogens with zero attached hydrogens (tertiary/aromatic N) is 2. The number of likely N-dealkylation sites (N-methyl/N-ethyl adjacent to an activating group) is 1. The molecule has 1 atom stereocenters. The van der Waals surface area contributed by atoms with Gasteiger partial charge in [-0.25, -0.2) is 0 Å². The molecular formula is C34H67N3O3. The minimum absolute atomic E-state index is 0.0946. The van der Waals surface area contributed by atoms with Crippen LogP contribution in [0.3, 0.4) is 0 Å². The molecule has 0 aliphatic carbocycles. The summed E-state index contributed by atoms with van der Waals surface area (Å²) in [4.78, 5) is 43.8. The van der Waals surface area contributed by atoms with Crippen molar-refractivity contribution in [3.8, 4) is 0 Å². The minimum Gasteiger partial charge on any atom is -0.341 e. The smallest absolute Gasteiger partial charge is 0.245 e. The molecule has 6 heteroatoms. The second-order valence-corrected chi connectivity index (χ2v) is 11.6. The molecule has 0 aliphatic rings. The third kappa shape index (κ3) is 18.8. The summed E-state index contributed by atoms with van der Waals surface area (Å²) in [6, 6.07) is -0.705. The highest BCUT2D eigenvalue weighted by Crippen LogP contribution is 2.19. The van der Waals surface area contributed by atoms with Crippen LogP contribution in [0.5, 0.6) is 0 Å². The molecule has 2 N–H and O–H groups in total. The zero-order chi connectivity index (χ0) is 29.8. The van der Waals surface area contributed by atoms with Crippen molar-refractivity contribution in [3.63, 3.8) is 0 Å². The fraction of sp³-hybridized carbons (Fsp3) is 0.912. The highest BCUT2D eigenvalue weighted by Gasteiger charge is 2.35. The zero-order valence-electron chi connectivity index (χ0n) is 27.2. The first-order valence-electron chi connectivity index (χ1n) is 17.3. The van der Waals surface area contributed by atoms with Crippen molar-refractivity contribution in [1.29, 1.82) is 0 Å². The molecule has 3 amide bonds. The van der Waals surface area contributed by atoms with Crippen LogP contribution in [0.15, 0.2) is 0 Å². The lowest BCUT2D eigenvalue weighted by atomic mass is 10.0. The number of carbonyl (C=O) groups excluding carboxylic acids is 3. The molecule has 0 saturated carbocycles. The monoisotopic (exact) mass is 566 g/mol. The highest BCUT2D eigenvalue weighted by atomic mass is 16.2. The molecule has 0 aromatic carbocycles. The molecule has 40 heavy (non-hydrogen) atoms. The van der Waals surface area contributed by atoms with Gasteiger partial charge in [-0.2, -0.15) is 0 Å². The van der Waals surface area contributed by atoms with Crippen LogP contribution in [-0.2, 0) is 14.4 Å². The van der Waals surface area contributed by atoms with Gasteiger partial charge >= 0.3 is 0 Å². The molecule has 0 bridgehead atoms. The number of carbonyl (C=O) groups is 3. The van der Waals surface area contributed by atoms with Crippen LogP contribution in [0, 0.1) is 0 Å². The summed E-state index contributed by atoms with van der Waals surface area (Å²) >= 11 is 0. The maximum atomic E-state index is 13.5. The van der Waals surface area contributed by atoms with Crippen LogP contribution >= 0.6 is 0 Å². The predicted octanol–water partition coefficient (Wildman–Crippen LogP) is 8.55. The molecule has 6 nitrogen and oxygen atoms in total. The van der Waals surface area contributed by atoms with Gasteiger partial charge in [0.2, 0.25) is 17.7 Å². The summed E-state index contributed by atoms with van der Waals surface area (Å²) in [6.45, 7) is 10.1. The molecule has 0 radical (unpaired) electrons. The van der Waals surface area contributed by atoms with Crippen LogP contribution in [0.25, 0.3) is 0 Å². The second-order valence-electron chi connectivity index (χ2n) is 11.6. The first-order chi connectivity index (χ1) is 19.5. The largest absolute Gasteiger partial charge is 0.341 e. The Kier molecular flexibility index (Phi) is 26.7. The van der Waals surface area contributed by atoms with E-state index in [-0.39, 0.29) is 17.7 Å². The minimum atomic E-state index is -0.705. The van der Waals surface area contributed by atoms with E-state index in [1.165, 1.54) is 81.9 Å². The molecule has 0 saturated heterocycles. The van der Waals surface area contributed by atoms with Gasteiger partial charge < -0.3 is 10.6 Å². The Morgan fingerprint density at radius 1 is 0.525 bits per heavy atom. The number of imide groups is 1. The van der Waals surface area contributed by atoms with E-state index in [1.54, 1.807) is 4.90 Å². The molecule has 0 spiro atoms. The lowest BCUT2D eigenvalue weighted by Crippen LogP contribution is -2.53. The van der Waals surface area contributed by atoms with Crippen molar-refractivity contribution in [3.05, 3.63) is 0 Å². The summed E-state index contributed by atoms with van der Waals surface area (Å²) in [5, 5.41) is 0. The zero-order valence-corrected chi connectivity index (χ0v) is 27.2. The van der Waals surface area contributed by atoms with E-state index >= 15 is 0 Å². The van der Waals surface area contributed by atoms with Crippen LogP contribution in [-0.4, -0.2) is 53.2 Å². The summed E-state index contributed by atoms with van der Waals surface area (Å²) in [5.41, 5.74) is 5.73. The van der Waals surface area contributed by atoms with E-state index in [4.69, 9.17) is 5.73 Å². The van der Waals surface area contributed by atoms with Crippen molar-refractivity contribution in [2.45, 2.75) is 181 Å². The average Bonchev–Trinajstić information content (AvgIpc) is 2.95. The molecule has 236 valence electrons. The van der Waals surface area contributed by atoms with Crippen LogP contribution < -0.4 is 5.73 Å². The van der Waals surface area contributed by atoms with E-state index in [0.29, 0.717) is 38.9 Å². The summed E-state index contributed by atoms with van der Waals surface area (Å²) < 4.78 is 0. The van der Waals surface area contributed by atoms with Gasteiger partial charge in [0.05, 0.1) is 0 Å². The van der Waals surface area contributed by atoms with E-state index in [0.717, 1.165) is 51.4 Å². The number of amides is 3. The Hall–Kier alpha value is -1.43. The Morgan fingerprint density at radius 3 is 1.25 bits per heavy atom. The standard InChI is InChI=1S/C34H67N3O3/c1-5-9-11-13-15-17-19-21-23-28-32(38)37(31(27-25-26-30-35)34(40)36(7-3)8-4)33(39)29-24-22-20-18-16-14-12-10-6-2/h31H,5-30,35H2,1-4H3/t31-/m0/s1. The lowest BCUT2D eigenvalue weighted by Gasteiger charge is -2.33. The van der Waals surface area contributed by atoms with Gasteiger partial charge in [0.15, 0.2) is 0 Å². The van der Waals surface area contributed by atoms with Crippen molar-refractivity contribution < 1.29 is 14.4 Å². The molecule has 0 heterocycles. The summed E-state index contributed by atoms with van der Waals surface area (Å²) in [6.07, 6.45) is 23.9. The topological polar surface area (TPSA) is 83.7 Å². The molecule has 0 rings (SSSR count). The van der Waals surface area contributed by atoms with Crippen LogP contribution in [0.1, 0.15) is 175 Å². The Labute approximate surface area is 248 Å². The maximum absolute atomic E-state index is 13.5. The molecule has 0 unspecified atom stereocenters. The van der Waals surface area contributed by atoms with Gasteiger partial charge in [-0.05, 0) is 52.5 Å². The third-order valence-electron chi connectivity index (χ3n) is 8.13. The van der Waals surface area contributed by atoms with Crippen molar-refractivity contribution in [1.82, 2.24) is 9.80 Å². The van der Waals surface area contributed by atoms with Gasteiger partial charge in [-0.1, -0.05) is 117 Å². The van der Waals surface area contributed by atoms with E-state index in [9.17, 15) is 14.4 Å². The van der Waals surface area contributed by atoms with E-state index < -0.39 is 6.04 Å². The van der Waals surface area contributed by atoms with Gasteiger partial charge in [-0.15, -0.1) is 0 Å². The van der Waals surface area contributed by atoms with Gasteiger partial charge in [0.1, 0.15) is 6.04 Å².